The van der Waals surface area contributed by atoms with Crippen LogP contribution in [0.4, 0.5) is 13.2 Å². The molecule has 21 heavy (non-hydrogen) atoms. The minimum Gasteiger partial charge on any atom is -0.323 e. The molecule has 0 aliphatic rings. The van der Waals surface area contributed by atoms with Crippen molar-refractivity contribution in [3.05, 3.63) is 70.4 Å². The molecule has 108 valence electrons. The standard InChI is InChI=1S/C16H12F3NS/c17-10-5-4-9-6-16(21-15(9)7-10)14(20)8-11-12(18)2-1-3-13(11)19/h1-7,14H,8,20H2. The van der Waals surface area contributed by atoms with Crippen molar-refractivity contribution in [3.63, 3.8) is 0 Å². The molecule has 1 unspecified atom stereocenters. The SMILES string of the molecule is NC(Cc1c(F)cccc1F)c1cc2ccc(F)cc2s1. The smallest absolute Gasteiger partial charge is 0.129 e. The molecule has 1 atom stereocenters. The Kier molecular flexibility index (Phi) is 3.69. The van der Waals surface area contributed by atoms with Crippen molar-refractivity contribution in [3.8, 4) is 0 Å². The summed E-state index contributed by atoms with van der Waals surface area (Å²) in [6.07, 6.45) is 0.0633. The highest BCUT2D eigenvalue weighted by atomic mass is 32.1. The molecule has 3 aromatic rings. The van der Waals surface area contributed by atoms with E-state index in [1.54, 1.807) is 6.07 Å². The van der Waals surface area contributed by atoms with E-state index in [1.807, 2.05) is 6.07 Å². The van der Waals surface area contributed by atoms with Crippen molar-refractivity contribution in [2.45, 2.75) is 12.5 Å². The van der Waals surface area contributed by atoms with Gasteiger partial charge in [0, 0.05) is 21.2 Å². The quantitative estimate of drug-likeness (QED) is 0.754. The molecule has 5 heteroatoms. The van der Waals surface area contributed by atoms with E-state index in [1.165, 1.54) is 41.7 Å². The summed E-state index contributed by atoms with van der Waals surface area (Å²) in [6, 6.07) is 9.53. The van der Waals surface area contributed by atoms with Crippen LogP contribution in [0, 0.1) is 17.5 Å². The van der Waals surface area contributed by atoms with Gasteiger partial charge in [-0.1, -0.05) is 12.1 Å². The first-order valence-corrected chi connectivity index (χ1v) is 7.23. The minimum absolute atomic E-state index is 0.0198. The molecule has 1 nitrogen and oxygen atoms in total. The fraction of sp³-hybridized carbons (Fsp3) is 0.125. The van der Waals surface area contributed by atoms with Crippen LogP contribution in [0.1, 0.15) is 16.5 Å². The van der Waals surface area contributed by atoms with Gasteiger partial charge < -0.3 is 5.73 Å². The van der Waals surface area contributed by atoms with Crippen LogP contribution in [-0.4, -0.2) is 0 Å². The summed E-state index contributed by atoms with van der Waals surface area (Å²) < 4.78 is 41.2. The van der Waals surface area contributed by atoms with Crippen LogP contribution >= 0.6 is 11.3 Å². The number of thiophene rings is 1. The topological polar surface area (TPSA) is 26.0 Å². The number of fused-ring (bicyclic) bond motifs is 1. The summed E-state index contributed by atoms with van der Waals surface area (Å²) >= 11 is 1.34. The summed E-state index contributed by atoms with van der Waals surface area (Å²) in [5.41, 5.74) is 6.03. The molecule has 1 aromatic heterocycles. The van der Waals surface area contributed by atoms with Gasteiger partial charge in [0.1, 0.15) is 17.5 Å². The molecule has 0 radical (unpaired) electrons. The molecule has 0 saturated heterocycles. The molecule has 0 amide bonds. The molecule has 0 bridgehead atoms. The van der Waals surface area contributed by atoms with Crippen LogP contribution in [0.15, 0.2) is 42.5 Å². The predicted molar refractivity (Wildman–Crippen MR) is 78.8 cm³/mol. The summed E-state index contributed by atoms with van der Waals surface area (Å²) in [5.74, 6) is -1.51. The van der Waals surface area contributed by atoms with Crippen molar-refractivity contribution < 1.29 is 13.2 Å². The first-order chi connectivity index (χ1) is 10.0. The molecule has 3 rings (SSSR count). The van der Waals surface area contributed by atoms with E-state index in [-0.39, 0.29) is 17.8 Å². The van der Waals surface area contributed by atoms with Gasteiger partial charge in [-0.05, 0) is 42.1 Å². The molecule has 0 aliphatic carbocycles. The molecular weight excluding hydrogens is 295 g/mol. The van der Waals surface area contributed by atoms with E-state index >= 15 is 0 Å². The van der Waals surface area contributed by atoms with Gasteiger partial charge in [-0.25, -0.2) is 13.2 Å². The Morgan fingerprint density at radius 1 is 1.00 bits per heavy atom. The highest BCUT2D eigenvalue weighted by Gasteiger charge is 2.16. The van der Waals surface area contributed by atoms with Gasteiger partial charge in [0.2, 0.25) is 0 Å². The second kappa shape index (κ2) is 5.50. The molecular formula is C16H12F3NS. The number of halogens is 3. The molecule has 2 N–H and O–H groups in total. The zero-order valence-electron chi connectivity index (χ0n) is 10.9. The zero-order valence-corrected chi connectivity index (χ0v) is 11.8. The van der Waals surface area contributed by atoms with Gasteiger partial charge in [0.05, 0.1) is 0 Å². The Morgan fingerprint density at radius 3 is 2.43 bits per heavy atom. The Morgan fingerprint density at radius 2 is 1.71 bits per heavy atom. The highest BCUT2D eigenvalue weighted by molar-refractivity contribution is 7.19. The Balaban J connectivity index is 1.91. The van der Waals surface area contributed by atoms with Gasteiger partial charge in [0.25, 0.3) is 0 Å². The second-order valence-electron chi connectivity index (χ2n) is 4.84. The van der Waals surface area contributed by atoms with E-state index in [2.05, 4.69) is 0 Å². The van der Waals surface area contributed by atoms with Crippen LogP contribution < -0.4 is 5.73 Å². The zero-order chi connectivity index (χ0) is 15.0. The van der Waals surface area contributed by atoms with Crippen molar-refractivity contribution in [1.29, 1.82) is 0 Å². The van der Waals surface area contributed by atoms with Crippen LogP contribution in [0.3, 0.4) is 0 Å². The maximum absolute atomic E-state index is 13.6. The van der Waals surface area contributed by atoms with Crippen LogP contribution in [0.2, 0.25) is 0 Å². The largest absolute Gasteiger partial charge is 0.323 e. The first-order valence-electron chi connectivity index (χ1n) is 6.42. The fourth-order valence-electron chi connectivity index (χ4n) is 2.26. The number of nitrogens with two attached hydrogens (primary N) is 1. The van der Waals surface area contributed by atoms with Crippen LogP contribution in [0.5, 0.6) is 0 Å². The van der Waals surface area contributed by atoms with E-state index in [0.717, 1.165) is 15.0 Å². The van der Waals surface area contributed by atoms with E-state index < -0.39 is 17.7 Å². The number of rotatable bonds is 3. The van der Waals surface area contributed by atoms with E-state index in [0.29, 0.717) is 0 Å². The second-order valence-corrected chi connectivity index (χ2v) is 5.96. The number of benzene rings is 2. The third kappa shape index (κ3) is 2.80. The van der Waals surface area contributed by atoms with Crippen molar-refractivity contribution >= 4 is 21.4 Å². The third-order valence-corrected chi connectivity index (χ3v) is 4.58. The van der Waals surface area contributed by atoms with Crippen molar-refractivity contribution in [1.82, 2.24) is 0 Å². The lowest BCUT2D eigenvalue weighted by Gasteiger charge is -2.11. The van der Waals surface area contributed by atoms with Crippen molar-refractivity contribution in [2.24, 2.45) is 5.73 Å². The Labute approximate surface area is 123 Å². The number of hydrogen-bond donors (Lipinski definition) is 1. The maximum atomic E-state index is 13.6. The van der Waals surface area contributed by atoms with Crippen LogP contribution in [-0.2, 0) is 6.42 Å². The van der Waals surface area contributed by atoms with Gasteiger partial charge in [0.15, 0.2) is 0 Å². The Hall–Kier alpha value is -1.85. The summed E-state index contributed by atoms with van der Waals surface area (Å²) in [7, 11) is 0. The molecule has 0 saturated carbocycles. The Bertz CT molecular complexity index is 777. The first kappa shape index (κ1) is 14.1. The molecule has 0 aliphatic heterocycles. The van der Waals surface area contributed by atoms with Gasteiger partial charge in [-0.2, -0.15) is 0 Å². The lowest BCUT2D eigenvalue weighted by atomic mass is 10.0. The summed E-state index contributed by atoms with van der Waals surface area (Å²) in [6.45, 7) is 0. The average molecular weight is 307 g/mol. The van der Waals surface area contributed by atoms with Gasteiger partial charge in [-0.3, -0.25) is 0 Å². The lowest BCUT2D eigenvalue weighted by molar-refractivity contribution is 0.541. The van der Waals surface area contributed by atoms with E-state index in [9.17, 15) is 13.2 Å². The molecule has 0 spiro atoms. The summed E-state index contributed by atoms with van der Waals surface area (Å²) in [4.78, 5) is 0.776. The summed E-state index contributed by atoms with van der Waals surface area (Å²) in [5, 5.41) is 0.876. The van der Waals surface area contributed by atoms with E-state index in [4.69, 9.17) is 5.73 Å². The third-order valence-electron chi connectivity index (χ3n) is 3.35. The normalized spacial score (nSPS) is 12.8. The predicted octanol–water partition coefficient (Wildman–Crippen LogP) is 4.56. The van der Waals surface area contributed by atoms with Crippen molar-refractivity contribution in [2.75, 3.05) is 0 Å². The number of hydrogen-bond acceptors (Lipinski definition) is 2. The highest BCUT2D eigenvalue weighted by Crippen LogP contribution is 2.31. The van der Waals surface area contributed by atoms with Gasteiger partial charge in [-0.15, -0.1) is 11.3 Å². The molecule has 0 fully saturated rings. The monoisotopic (exact) mass is 307 g/mol. The lowest BCUT2D eigenvalue weighted by Crippen LogP contribution is -2.13. The molecule has 2 aromatic carbocycles. The minimum atomic E-state index is -0.599. The fourth-order valence-corrected chi connectivity index (χ4v) is 3.35. The maximum Gasteiger partial charge on any atom is 0.129 e. The average Bonchev–Trinajstić information content (AvgIpc) is 2.86. The van der Waals surface area contributed by atoms with Crippen LogP contribution in [0.25, 0.3) is 10.1 Å². The van der Waals surface area contributed by atoms with Gasteiger partial charge >= 0.3 is 0 Å². The molecule has 1 heterocycles.